The molecule has 2 fully saturated rings. The average molecular weight is 280 g/mol. The van der Waals surface area contributed by atoms with Crippen LogP contribution in [0, 0.1) is 11.3 Å². The van der Waals surface area contributed by atoms with Gasteiger partial charge in [-0.05, 0) is 63.5 Å². The highest BCUT2D eigenvalue weighted by atomic mass is 15.1. The minimum absolute atomic E-state index is 0.576. The van der Waals surface area contributed by atoms with Crippen molar-refractivity contribution >= 4 is 0 Å². The Balaban J connectivity index is 1.83. The number of nitrogens with one attached hydrogen (secondary N) is 1. The molecule has 2 rings (SSSR count). The fourth-order valence-corrected chi connectivity index (χ4v) is 4.56. The van der Waals surface area contributed by atoms with Crippen molar-refractivity contribution in [1.29, 1.82) is 0 Å². The Labute approximate surface area is 126 Å². The molecule has 118 valence electrons. The van der Waals surface area contributed by atoms with Gasteiger partial charge in [0.25, 0.3) is 0 Å². The molecule has 0 atom stereocenters. The fraction of sp³-hybridized carbons (Fsp3) is 1.00. The van der Waals surface area contributed by atoms with Gasteiger partial charge < -0.3 is 10.2 Å². The lowest BCUT2D eigenvalue weighted by Gasteiger charge is -2.40. The lowest BCUT2D eigenvalue weighted by atomic mass is 9.81. The molecule has 2 aliphatic carbocycles. The summed E-state index contributed by atoms with van der Waals surface area (Å²) in [7, 11) is 2.39. The van der Waals surface area contributed by atoms with Gasteiger partial charge in [0, 0.05) is 19.1 Å². The maximum atomic E-state index is 3.63. The van der Waals surface area contributed by atoms with E-state index in [0.29, 0.717) is 5.41 Å². The first-order valence-corrected chi connectivity index (χ1v) is 9.10. The van der Waals surface area contributed by atoms with Crippen LogP contribution in [0.25, 0.3) is 0 Å². The fourth-order valence-electron chi connectivity index (χ4n) is 4.56. The van der Waals surface area contributed by atoms with Crippen molar-refractivity contribution in [3.05, 3.63) is 0 Å². The first-order chi connectivity index (χ1) is 9.69. The number of nitrogens with zero attached hydrogens (tertiary/aromatic N) is 1. The summed E-state index contributed by atoms with van der Waals surface area (Å²) in [5.41, 5.74) is 0.576. The molecular formula is C18H36N2. The zero-order valence-electron chi connectivity index (χ0n) is 14.1. The second-order valence-electron chi connectivity index (χ2n) is 7.49. The molecule has 0 radical (unpaired) electrons. The van der Waals surface area contributed by atoms with E-state index >= 15 is 0 Å². The summed E-state index contributed by atoms with van der Waals surface area (Å²) < 4.78 is 0. The zero-order chi connectivity index (χ0) is 14.4. The zero-order valence-corrected chi connectivity index (χ0v) is 14.1. The number of hydrogen-bond donors (Lipinski definition) is 1. The summed E-state index contributed by atoms with van der Waals surface area (Å²) in [6, 6.07) is 0.858. The average Bonchev–Trinajstić information content (AvgIpc) is 2.94. The first-order valence-electron chi connectivity index (χ1n) is 9.10. The molecule has 0 heterocycles. The molecule has 1 N–H and O–H groups in total. The van der Waals surface area contributed by atoms with E-state index in [2.05, 4.69) is 31.1 Å². The van der Waals surface area contributed by atoms with Gasteiger partial charge in [-0.2, -0.15) is 0 Å². The monoisotopic (exact) mass is 280 g/mol. The van der Waals surface area contributed by atoms with E-state index in [1.54, 1.807) is 0 Å². The van der Waals surface area contributed by atoms with Gasteiger partial charge in [-0.1, -0.05) is 33.1 Å². The van der Waals surface area contributed by atoms with E-state index in [0.717, 1.165) is 18.5 Å². The molecular weight excluding hydrogens is 244 g/mol. The molecule has 2 nitrogen and oxygen atoms in total. The van der Waals surface area contributed by atoms with Crippen molar-refractivity contribution < 1.29 is 0 Å². The highest BCUT2D eigenvalue weighted by molar-refractivity contribution is 4.91. The topological polar surface area (TPSA) is 15.3 Å². The van der Waals surface area contributed by atoms with Crippen molar-refractivity contribution in [3.63, 3.8) is 0 Å². The van der Waals surface area contributed by atoms with Crippen molar-refractivity contribution in [2.75, 3.05) is 26.7 Å². The molecule has 0 aromatic heterocycles. The lowest BCUT2D eigenvalue weighted by molar-refractivity contribution is 0.102. The highest BCUT2D eigenvalue weighted by Gasteiger charge is 2.36. The van der Waals surface area contributed by atoms with E-state index in [1.165, 1.54) is 70.9 Å². The van der Waals surface area contributed by atoms with Crippen LogP contribution in [0.15, 0.2) is 0 Å². The van der Waals surface area contributed by atoms with Gasteiger partial charge in [0.05, 0.1) is 0 Å². The summed E-state index contributed by atoms with van der Waals surface area (Å²) in [4.78, 5) is 2.72. The van der Waals surface area contributed by atoms with Crippen LogP contribution in [0.5, 0.6) is 0 Å². The summed E-state index contributed by atoms with van der Waals surface area (Å²) in [6.07, 6.45) is 13.0. The Morgan fingerprint density at radius 1 is 1.05 bits per heavy atom. The van der Waals surface area contributed by atoms with Gasteiger partial charge in [0.1, 0.15) is 0 Å². The lowest BCUT2D eigenvalue weighted by Crippen LogP contribution is -2.45. The van der Waals surface area contributed by atoms with Crippen molar-refractivity contribution in [3.8, 4) is 0 Å². The molecule has 0 aliphatic heterocycles. The second kappa shape index (κ2) is 7.79. The largest absolute Gasteiger partial charge is 0.316 e. The van der Waals surface area contributed by atoms with Gasteiger partial charge >= 0.3 is 0 Å². The van der Waals surface area contributed by atoms with E-state index < -0.39 is 0 Å². The Morgan fingerprint density at radius 2 is 1.70 bits per heavy atom. The number of hydrogen-bond acceptors (Lipinski definition) is 2. The third-order valence-electron chi connectivity index (χ3n) is 6.02. The smallest absolute Gasteiger partial charge is 0.00926 e. The van der Waals surface area contributed by atoms with Crippen LogP contribution in [-0.2, 0) is 0 Å². The molecule has 2 saturated carbocycles. The summed E-state index contributed by atoms with van der Waals surface area (Å²) >= 11 is 0. The van der Waals surface area contributed by atoms with Crippen molar-refractivity contribution in [2.45, 2.75) is 77.7 Å². The van der Waals surface area contributed by atoms with Gasteiger partial charge in [-0.3, -0.25) is 0 Å². The molecule has 0 aromatic rings. The van der Waals surface area contributed by atoms with E-state index in [1.807, 2.05) is 0 Å². The van der Waals surface area contributed by atoms with Crippen molar-refractivity contribution in [2.24, 2.45) is 11.3 Å². The van der Waals surface area contributed by atoms with Gasteiger partial charge in [-0.15, -0.1) is 0 Å². The Hall–Kier alpha value is -0.0800. The SMILES string of the molecule is CCNCC1(CN(C)C2CCC(CC)CC2)CCCC1. The van der Waals surface area contributed by atoms with Gasteiger partial charge in [0.15, 0.2) is 0 Å². The van der Waals surface area contributed by atoms with E-state index in [-0.39, 0.29) is 0 Å². The van der Waals surface area contributed by atoms with Crippen molar-refractivity contribution in [1.82, 2.24) is 10.2 Å². The number of rotatable bonds is 7. The van der Waals surface area contributed by atoms with Crippen LogP contribution >= 0.6 is 0 Å². The van der Waals surface area contributed by atoms with E-state index in [9.17, 15) is 0 Å². The van der Waals surface area contributed by atoms with Gasteiger partial charge in [-0.25, -0.2) is 0 Å². The molecule has 0 unspecified atom stereocenters. The quantitative estimate of drug-likeness (QED) is 0.756. The molecule has 0 aromatic carbocycles. The summed E-state index contributed by atoms with van der Waals surface area (Å²) in [5, 5.41) is 3.63. The predicted molar refractivity (Wildman–Crippen MR) is 88.1 cm³/mol. The third-order valence-corrected chi connectivity index (χ3v) is 6.02. The molecule has 0 spiro atoms. The molecule has 20 heavy (non-hydrogen) atoms. The molecule has 0 saturated heterocycles. The summed E-state index contributed by atoms with van der Waals surface area (Å²) in [6.45, 7) is 8.27. The predicted octanol–water partition coefficient (Wildman–Crippen LogP) is 4.06. The van der Waals surface area contributed by atoms with E-state index in [4.69, 9.17) is 0 Å². The highest BCUT2D eigenvalue weighted by Crippen LogP contribution is 2.39. The Kier molecular flexibility index (Phi) is 6.35. The maximum Gasteiger partial charge on any atom is 0.00926 e. The molecule has 0 bridgehead atoms. The summed E-state index contributed by atoms with van der Waals surface area (Å²) in [5.74, 6) is 1.02. The minimum Gasteiger partial charge on any atom is -0.316 e. The van der Waals surface area contributed by atoms with Crippen LogP contribution in [-0.4, -0.2) is 37.6 Å². The Morgan fingerprint density at radius 3 is 2.25 bits per heavy atom. The van der Waals surface area contributed by atoms with Crippen LogP contribution in [0.1, 0.15) is 71.6 Å². The maximum absolute atomic E-state index is 3.63. The normalized spacial score (nSPS) is 30.0. The van der Waals surface area contributed by atoms with Crippen LogP contribution < -0.4 is 5.32 Å². The van der Waals surface area contributed by atoms with Crippen LogP contribution in [0.2, 0.25) is 0 Å². The standard InChI is InChI=1S/C18H36N2/c1-4-16-8-10-17(11-9-16)20(3)15-18(14-19-5-2)12-6-7-13-18/h16-17,19H,4-15H2,1-3H3. The van der Waals surface area contributed by atoms with Crippen LogP contribution in [0.3, 0.4) is 0 Å². The molecule has 2 heteroatoms. The molecule has 0 amide bonds. The minimum atomic E-state index is 0.576. The van der Waals surface area contributed by atoms with Crippen LogP contribution in [0.4, 0.5) is 0 Å². The Bertz CT molecular complexity index is 263. The second-order valence-corrected chi connectivity index (χ2v) is 7.49. The van der Waals surface area contributed by atoms with Gasteiger partial charge in [0.2, 0.25) is 0 Å². The molecule has 2 aliphatic rings. The first kappa shape index (κ1) is 16.3. The third kappa shape index (κ3) is 4.21.